The zero-order valence-electron chi connectivity index (χ0n) is 10.5. The van der Waals surface area contributed by atoms with Gasteiger partial charge in [0.1, 0.15) is 5.69 Å². The molecule has 1 amide bonds. The smallest absolute Gasteiger partial charge is 0.271 e. The number of carbonyl (C=O) groups is 1. The molecule has 0 saturated heterocycles. The fourth-order valence-corrected chi connectivity index (χ4v) is 2.61. The highest BCUT2D eigenvalue weighted by atomic mass is 32.1. The molecule has 1 aromatic carbocycles. The van der Waals surface area contributed by atoms with E-state index in [1.165, 1.54) is 16.9 Å². The molecule has 2 aromatic heterocycles. The summed E-state index contributed by atoms with van der Waals surface area (Å²) in [7, 11) is 0. The Morgan fingerprint density at radius 1 is 1.42 bits per heavy atom. The van der Waals surface area contributed by atoms with E-state index < -0.39 is 0 Å². The van der Waals surface area contributed by atoms with Gasteiger partial charge in [0.15, 0.2) is 4.96 Å². The van der Waals surface area contributed by atoms with E-state index in [0.717, 1.165) is 10.5 Å². The van der Waals surface area contributed by atoms with Crippen molar-refractivity contribution in [3.05, 3.63) is 58.9 Å². The first-order valence-electron chi connectivity index (χ1n) is 5.99. The average Bonchev–Trinajstić information content (AvgIpc) is 2.98. The molecule has 0 aliphatic carbocycles. The van der Waals surface area contributed by atoms with Gasteiger partial charge in [-0.25, -0.2) is 4.98 Å². The van der Waals surface area contributed by atoms with Gasteiger partial charge in [0, 0.05) is 24.3 Å². The number of thiazole rings is 1. The van der Waals surface area contributed by atoms with Crippen LogP contribution in [0, 0.1) is 6.92 Å². The number of aromatic nitrogens is 2. The summed E-state index contributed by atoms with van der Waals surface area (Å²) in [6.07, 6.45) is 3.64. The Hall–Kier alpha value is -2.14. The number of fused-ring (bicyclic) bond motifs is 1. The minimum absolute atomic E-state index is 0.140. The third-order valence-electron chi connectivity index (χ3n) is 3.03. The van der Waals surface area contributed by atoms with Gasteiger partial charge < -0.3 is 5.32 Å². The topological polar surface area (TPSA) is 46.4 Å². The van der Waals surface area contributed by atoms with Crippen LogP contribution in [0.2, 0.25) is 0 Å². The number of rotatable bonds is 3. The fraction of sp³-hybridized carbons (Fsp3) is 0.143. The van der Waals surface area contributed by atoms with E-state index in [1.807, 2.05) is 47.2 Å². The van der Waals surface area contributed by atoms with Crippen LogP contribution in [-0.4, -0.2) is 15.3 Å². The van der Waals surface area contributed by atoms with Crippen LogP contribution in [0.1, 0.15) is 21.6 Å². The summed E-state index contributed by atoms with van der Waals surface area (Å²) in [6, 6.07) is 8.01. The van der Waals surface area contributed by atoms with Crippen molar-refractivity contribution >= 4 is 22.2 Å². The summed E-state index contributed by atoms with van der Waals surface area (Å²) >= 11 is 1.51. The minimum atomic E-state index is -0.140. The van der Waals surface area contributed by atoms with E-state index in [9.17, 15) is 4.79 Å². The molecule has 2 heterocycles. The number of benzene rings is 1. The molecule has 0 fully saturated rings. The summed E-state index contributed by atoms with van der Waals surface area (Å²) < 4.78 is 1.85. The van der Waals surface area contributed by atoms with Crippen LogP contribution in [-0.2, 0) is 6.54 Å². The first kappa shape index (κ1) is 11.9. The van der Waals surface area contributed by atoms with Crippen molar-refractivity contribution in [1.82, 2.24) is 14.7 Å². The molecule has 0 bridgehead atoms. The van der Waals surface area contributed by atoms with Crippen molar-refractivity contribution in [3.8, 4) is 0 Å². The van der Waals surface area contributed by atoms with Crippen LogP contribution in [0.3, 0.4) is 0 Å². The predicted molar refractivity (Wildman–Crippen MR) is 75.4 cm³/mol. The maximum Gasteiger partial charge on any atom is 0.271 e. The molecule has 0 atom stereocenters. The van der Waals surface area contributed by atoms with Gasteiger partial charge in [0.25, 0.3) is 5.91 Å². The molecule has 0 spiro atoms. The van der Waals surface area contributed by atoms with Crippen molar-refractivity contribution in [3.63, 3.8) is 0 Å². The normalized spacial score (nSPS) is 10.8. The van der Waals surface area contributed by atoms with Crippen molar-refractivity contribution < 1.29 is 4.79 Å². The van der Waals surface area contributed by atoms with E-state index in [0.29, 0.717) is 12.2 Å². The number of hydrogen-bond acceptors (Lipinski definition) is 3. The molecular weight excluding hydrogens is 258 g/mol. The van der Waals surface area contributed by atoms with E-state index in [-0.39, 0.29) is 5.91 Å². The highest BCUT2D eigenvalue weighted by Gasteiger charge is 2.11. The molecule has 3 aromatic rings. The van der Waals surface area contributed by atoms with Gasteiger partial charge in [-0.05, 0) is 18.1 Å². The van der Waals surface area contributed by atoms with Crippen molar-refractivity contribution in [2.45, 2.75) is 13.5 Å². The predicted octanol–water partition coefficient (Wildman–Crippen LogP) is 2.63. The Kier molecular flexibility index (Phi) is 3.05. The summed E-state index contributed by atoms with van der Waals surface area (Å²) in [5.74, 6) is -0.140. The Balaban J connectivity index is 1.72. The number of nitrogens with zero attached hydrogens (tertiary/aromatic N) is 2. The maximum absolute atomic E-state index is 12.0. The quantitative estimate of drug-likeness (QED) is 0.796. The van der Waals surface area contributed by atoms with Gasteiger partial charge in [-0.3, -0.25) is 9.20 Å². The Morgan fingerprint density at radius 3 is 3.05 bits per heavy atom. The molecule has 19 heavy (non-hydrogen) atoms. The summed E-state index contributed by atoms with van der Waals surface area (Å²) in [5, 5.41) is 4.84. The molecule has 0 unspecified atom stereocenters. The van der Waals surface area contributed by atoms with Gasteiger partial charge in [-0.2, -0.15) is 0 Å². The number of hydrogen-bond donors (Lipinski definition) is 1. The standard InChI is InChI=1S/C14H13N3OS/c1-10-4-2-3-5-11(10)8-15-13(18)12-9-17-6-7-19-14(17)16-12/h2-7,9H,8H2,1H3,(H,15,18). The lowest BCUT2D eigenvalue weighted by atomic mass is 10.1. The Labute approximate surface area is 114 Å². The summed E-state index contributed by atoms with van der Waals surface area (Å²) in [4.78, 5) is 17.1. The van der Waals surface area contributed by atoms with Crippen LogP contribution in [0.25, 0.3) is 4.96 Å². The third-order valence-corrected chi connectivity index (χ3v) is 3.80. The lowest BCUT2D eigenvalue weighted by molar-refractivity contribution is 0.0946. The van der Waals surface area contributed by atoms with Crippen LogP contribution in [0.5, 0.6) is 0 Å². The molecule has 5 heteroatoms. The average molecular weight is 271 g/mol. The van der Waals surface area contributed by atoms with Gasteiger partial charge in [-0.15, -0.1) is 11.3 Å². The van der Waals surface area contributed by atoms with Gasteiger partial charge in [0.05, 0.1) is 0 Å². The maximum atomic E-state index is 12.0. The van der Waals surface area contributed by atoms with Crippen LogP contribution < -0.4 is 5.32 Å². The highest BCUT2D eigenvalue weighted by molar-refractivity contribution is 7.15. The van der Waals surface area contributed by atoms with E-state index in [4.69, 9.17) is 0 Å². The molecule has 0 saturated carbocycles. The van der Waals surface area contributed by atoms with E-state index in [2.05, 4.69) is 10.3 Å². The first-order chi connectivity index (χ1) is 9.24. The number of nitrogens with one attached hydrogen (secondary N) is 1. The van der Waals surface area contributed by atoms with Crippen molar-refractivity contribution in [2.75, 3.05) is 0 Å². The largest absolute Gasteiger partial charge is 0.347 e. The lowest BCUT2D eigenvalue weighted by Gasteiger charge is -2.06. The van der Waals surface area contributed by atoms with Crippen molar-refractivity contribution in [2.24, 2.45) is 0 Å². The van der Waals surface area contributed by atoms with Crippen LogP contribution in [0.15, 0.2) is 42.0 Å². The zero-order valence-corrected chi connectivity index (χ0v) is 11.3. The van der Waals surface area contributed by atoms with Gasteiger partial charge in [-0.1, -0.05) is 24.3 Å². The molecule has 0 aliphatic heterocycles. The third kappa shape index (κ3) is 2.37. The SMILES string of the molecule is Cc1ccccc1CNC(=O)c1cn2ccsc2n1. The lowest BCUT2D eigenvalue weighted by Crippen LogP contribution is -2.23. The number of carbonyl (C=O) groups excluding carboxylic acids is 1. The minimum Gasteiger partial charge on any atom is -0.347 e. The molecule has 96 valence electrons. The molecule has 0 radical (unpaired) electrons. The van der Waals surface area contributed by atoms with Gasteiger partial charge in [0.2, 0.25) is 0 Å². The van der Waals surface area contributed by atoms with E-state index >= 15 is 0 Å². The fourth-order valence-electron chi connectivity index (χ4n) is 1.91. The molecular formula is C14H13N3OS. The second-order valence-electron chi connectivity index (χ2n) is 4.33. The molecule has 3 rings (SSSR count). The second-order valence-corrected chi connectivity index (χ2v) is 5.20. The molecule has 0 aliphatic rings. The number of imidazole rings is 1. The second kappa shape index (κ2) is 4.85. The van der Waals surface area contributed by atoms with E-state index in [1.54, 1.807) is 6.20 Å². The zero-order chi connectivity index (χ0) is 13.2. The van der Waals surface area contributed by atoms with Crippen LogP contribution >= 0.6 is 11.3 Å². The Morgan fingerprint density at radius 2 is 2.26 bits per heavy atom. The Bertz CT molecular complexity index is 700. The number of amides is 1. The van der Waals surface area contributed by atoms with Gasteiger partial charge >= 0.3 is 0 Å². The molecule has 4 nitrogen and oxygen atoms in total. The summed E-state index contributed by atoms with van der Waals surface area (Å²) in [6.45, 7) is 2.56. The van der Waals surface area contributed by atoms with Crippen LogP contribution in [0.4, 0.5) is 0 Å². The highest BCUT2D eigenvalue weighted by Crippen LogP contribution is 2.12. The first-order valence-corrected chi connectivity index (χ1v) is 6.87. The van der Waals surface area contributed by atoms with Crippen molar-refractivity contribution in [1.29, 1.82) is 0 Å². The monoisotopic (exact) mass is 271 g/mol. The molecule has 1 N–H and O–H groups in total. The number of aryl methyl sites for hydroxylation is 1. The summed E-state index contributed by atoms with van der Waals surface area (Å²) in [5.41, 5.74) is 2.76.